The molecule has 2 aromatic carbocycles. The van der Waals surface area contributed by atoms with Crippen molar-refractivity contribution in [1.82, 2.24) is 0 Å². The third-order valence-corrected chi connectivity index (χ3v) is 3.79. The molecular formula is C18H18O2. The maximum absolute atomic E-state index is 12.0. The van der Waals surface area contributed by atoms with Gasteiger partial charge in [0.2, 0.25) is 0 Å². The van der Waals surface area contributed by atoms with Gasteiger partial charge in [-0.15, -0.1) is 0 Å². The minimum absolute atomic E-state index is 0.0465. The van der Waals surface area contributed by atoms with E-state index in [0.29, 0.717) is 12.5 Å². The summed E-state index contributed by atoms with van der Waals surface area (Å²) in [4.78, 5) is 12.0. The van der Waals surface area contributed by atoms with Crippen molar-refractivity contribution < 1.29 is 9.53 Å². The van der Waals surface area contributed by atoms with Crippen LogP contribution in [0.3, 0.4) is 0 Å². The maximum atomic E-state index is 12.0. The van der Waals surface area contributed by atoms with Gasteiger partial charge in [0.25, 0.3) is 0 Å². The zero-order valence-corrected chi connectivity index (χ0v) is 11.4. The Balaban J connectivity index is 1.46. The van der Waals surface area contributed by atoms with Gasteiger partial charge in [0.05, 0.1) is 5.92 Å². The van der Waals surface area contributed by atoms with Crippen LogP contribution in [-0.4, -0.2) is 5.97 Å². The Labute approximate surface area is 119 Å². The van der Waals surface area contributed by atoms with Crippen molar-refractivity contribution in [2.45, 2.75) is 19.4 Å². The van der Waals surface area contributed by atoms with Crippen molar-refractivity contribution in [3.8, 4) is 0 Å². The van der Waals surface area contributed by atoms with Crippen LogP contribution in [0.1, 0.15) is 17.5 Å². The first-order valence-corrected chi connectivity index (χ1v) is 7.07. The van der Waals surface area contributed by atoms with Crippen molar-refractivity contribution in [3.63, 3.8) is 0 Å². The Bertz CT molecular complexity index is 562. The molecule has 0 bridgehead atoms. The smallest absolute Gasteiger partial charge is 0.309 e. The molecule has 1 aliphatic rings. The predicted octanol–water partition coefficient (Wildman–Crippen LogP) is 3.61. The summed E-state index contributed by atoms with van der Waals surface area (Å²) < 4.78 is 5.38. The lowest BCUT2D eigenvalue weighted by Crippen LogP contribution is -2.08. The van der Waals surface area contributed by atoms with Gasteiger partial charge in [0, 0.05) is 0 Å². The van der Waals surface area contributed by atoms with E-state index >= 15 is 0 Å². The topological polar surface area (TPSA) is 26.3 Å². The summed E-state index contributed by atoms with van der Waals surface area (Å²) in [6, 6.07) is 20.2. The average molecular weight is 266 g/mol. The number of hydrogen-bond acceptors (Lipinski definition) is 2. The highest BCUT2D eigenvalue weighted by molar-refractivity contribution is 5.75. The Morgan fingerprint density at radius 1 is 0.950 bits per heavy atom. The summed E-state index contributed by atoms with van der Waals surface area (Å²) in [5.74, 6) is 0.509. The first-order chi connectivity index (χ1) is 9.83. The molecule has 0 radical (unpaired) electrons. The van der Waals surface area contributed by atoms with Gasteiger partial charge in [-0.2, -0.15) is 0 Å². The fourth-order valence-electron chi connectivity index (χ4n) is 2.51. The van der Waals surface area contributed by atoms with Crippen molar-refractivity contribution >= 4 is 5.97 Å². The van der Waals surface area contributed by atoms with Crippen LogP contribution in [0.2, 0.25) is 0 Å². The van der Waals surface area contributed by atoms with E-state index in [1.54, 1.807) is 0 Å². The normalized spacial score (nSPS) is 20.4. The van der Waals surface area contributed by atoms with E-state index in [4.69, 9.17) is 4.74 Å². The molecule has 102 valence electrons. The Hall–Kier alpha value is -2.09. The third kappa shape index (κ3) is 3.27. The van der Waals surface area contributed by atoms with E-state index < -0.39 is 0 Å². The number of hydrogen-bond donors (Lipinski definition) is 0. The highest BCUT2D eigenvalue weighted by atomic mass is 16.5. The van der Waals surface area contributed by atoms with Crippen LogP contribution in [0.5, 0.6) is 0 Å². The van der Waals surface area contributed by atoms with Gasteiger partial charge in [0.15, 0.2) is 0 Å². The van der Waals surface area contributed by atoms with Crippen LogP contribution in [0.25, 0.3) is 0 Å². The zero-order valence-electron chi connectivity index (χ0n) is 11.4. The molecule has 20 heavy (non-hydrogen) atoms. The van der Waals surface area contributed by atoms with Gasteiger partial charge >= 0.3 is 5.97 Å². The molecule has 2 nitrogen and oxygen atoms in total. The molecule has 2 heteroatoms. The van der Waals surface area contributed by atoms with Crippen LogP contribution >= 0.6 is 0 Å². The van der Waals surface area contributed by atoms with Crippen molar-refractivity contribution in [2.24, 2.45) is 11.8 Å². The number of esters is 1. The van der Waals surface area contributed by atoms with Gasteiger partial charge in [-0.05, 0) is 29.9 Å². The molecule has 1 fully saturated rings. The summed E-state index contributed by atoms with van der Waals surface area (Å²) in [6.45, 7) is 0.383. The summed E-state index contributed by atoms with van der Waals surface area (Å²) in [6.07, 6.45) is 1.94. The Kier molecular flexibility index (Phi) is 3.82. The number of carbonyl (C=O) groups excluding carboxylic acids is 1. The van der Waals surface area contributed by atoms with E-state index in [-0.39, 0.29) is 11.9 Å². The first kappa shape index (κ1) is 12.9. The molecule has 1 aliphatic carbocycles. The summed E-state index contributed by atoms with van der Waals surface area (Å²) in [7, 11) is 0. The molecule has 3 rings (SSSR count). The molecule has 0 saturated heterocycles. The minimum Gasteiger partial charge on any atom is -0.461 e. The third-order valence-electron chi connectivity index (χ3n) is 3.79. The first-order valence-electron chi connectivity index (χ1n) is 7.07. The zero-order chi connectivity index (χ0) is 13.8. The van der Waals surface area contributed by atoms with Crippen LogP contribution in [-0.2, 0) is 22.6 Å². The molecule has 0 aliphatic heterocycles. The van der Waals surface area contributed by atoms with Gasteiger partial charge < -0.3 is 4.74 Å². The molecule has 0 heterocycles. The number of benzene rings is 2. The van der Waals surface area contributed by atoms with E-state index in [1.165, 1.54) is 5.56 Å². The van der Waals surface area contributed by atoms with E-state index in [1.807, 2.05) is 48.5 Å². The second-order valence-corrected chi connectivity index (χ2v) is 5.39. The average Bonchev–Trinajstić information content (AvgIpc) is 3.26. The van der Waals surface area contributed by atoms with E-state index in [9.17, 15) is 4.79 Å². The van der Waals surface area contributed by atoms with Crippen LogP contribution in [0, 0.1) is 11.8 Å². The molecule has 0 unspecified atom stereocenters. The van der Waals surface area contributed by atoms with Crippen molar-refractivity contribution in [1.29, 1.82) is 0 Å². The van der Waals surface area contributed by atoms with E-state index in [0.717, 1.165) is 18.4 Å². The monoisotopic (exact) mass is 266 g/mol. The highest BCUT2D eigenvalue weighted by Gasteiger charge is 2.43. The molecule has 0 spiro atoms. The summed E-state index contributed by atoms with van der Waals surface area (Å²) >= 11 is 0. The predicted molar refractivity (Wildman–Crippen MR) is 78.0 cm³/mol. The van der Waals surface area contributed by atoms with Gasteiger partial charge in [-0.1, -0.05) is 60.7 Å². The molecule has 0 amide bonds. The van der Waals surface area contributed by atoms with Gasteiger partial charge in [-0.3, -0.25) is 4.79 Å². The lowest BCUT2D eigenvalue weighted by molar-refractivity contribution is -0.146. The fourth-order valence-corrected chi connectivity index (χ4v) is 2.51. The SMILES string of the molecule is O=C(OCc1ccccc1)[C@H]1C[C@@H]1Cc1ccccc1. The number of ether oxygens (including phenoxy) is 1. The van der Waals surface area contributed by atoms with E-state index in [2.05, 4.69) is 12.1 Å². The Morgan fingerprint density at radius 2 is 1.55 bits per heavy atom. The molecule has 1 saturated carbocycles. The standard InChI is InChI=1S/C18H18O2/c19-18(20-13-15-9-5-2-6-10-15)17-12-16(17)11-14-7-3-1-4-8-14/h1-10,16-17H,11-13H2/t16-,17-/m0/s1. The summed E-state index contributed by atoms with van der Waals surface area (Å²) in [5, 5.41) is 0. The summed E-state index contributed by atoms with van der Waals surface area (Å²) in [5.41, 5.74) is 2.34. The molecule has 2 aromatic rings. The Morgan fingerprint density at radius 3 is 2.20 bits per heavy atom. The van der Waals surface area contributed by atoms with Crippen LogP contribution in [0.15, 0.2) is 60.7 Å². The van der Waals surface area contributed by atoms with Crippen molar-refractivity contribution in [2.75, 3.05) is 0 Å². The maximum Gasteiger partial charge on any atom is 0.309 e. The largest absolute Gasteiger partial charge is 0.461 e. The minimum atomic E-state index is -0.0465. The highest BCUT2D eigenvalue weighted by Crippen LogP contribution is 2.42. The van der Waals surface area contributed by atoms with Crippen LogP contribution in [0.4, 0.5) is 0 Å². The number of rotatable bonds is 5. The van der Waals surface area contributed by atoms with Crippen molar-refractivity contribution in [3.05, 3.63) is 71.8 Å². The van der Waals surface area contributed by atoms with Gasteiger partial charge in [-0.25, -0.2) is 0 Å². The molecular weight excluding hydrogens is 248 g/mol. The second-order valence-electron chi connectivity index (χ2n) is 5.39. The molecule has 0 N–H and O–H groups in total. The van der Waals surface area contributed by atoms with Gasteiger partial charge in [0.1, 0.15) is 6.61 Å². The van der Waals surface area contributed by atoms with Crippen LogP contribution < -0.4 is 0 Å². The lowest BCUT2D eigenvalue weighted by Gasteiger charge is -2.04. The molecule has 0 aromatic heterocycles. The lowest BCUT2D eigenvalue weighted by atomic mass is 10.1. The molecule has 2 atom stereocenters. The number of carbonyl (C=O) groups is 1. The second kappa shape index (κ2) is 5.91. The quantitative estimate of drug-likeness (QED) is 0.773. The fraction of sp³-hybridized carbons (Fsp3) is 0.278.